The predicted molar refractivity (Wildman–Crippen MR) is 66.0 cm³/mol. The molecular weight excluding hydrogens is 254 g/mol. The summed E-state index contributed by atoms with van der Waals surface area (Å²) < 4.78 is 1.07. The van der Waals surface area contributed by atoms with Gasteiger partial charge < -0.3 is 9.88 Å². The number of piperazine rings is 1. The number of hydrogen-bond donors (Lipinski definition) is 1. The van der Waals surface area contributed by atoms with Gasteiger partial charge in [0.15, 0.2) is 0 Å². The largest absolute Gasteiger partial charge is 0.352 e. The van der Waals surface area contributed by atoms with Crippen LogP contribution in [0.25, 0.3) is 0 Å². The third-order valence-corrected chi connectivity index (χ3v) is 3.67. The summed E-state index contributed by atoms with van der Waals surface area (Å²) in [7, 11) is 2.19. The Morgan fingerprint density at radius 3 is 2.47 bits per heavy atom. The van der Waals surface area contributed by atoms with E-state index in [0.717, 1.165) is 17.7 Å². The molecule has 2 heterocycles. The molecule has 1 fully saturated rings. The second kappa shape index (κ2) is 4.68. The molecule has 0 aromatic carbocycles. The van der Waals surface area contributed by atoms with E-state index in [1.54, 1.807) is 0 Å². The Labute approximate surface area is 99.6 Å². The van der Waals surface area contributed by atoms with E-state index in [1.165, 1.54) is 18.8 Å². The lowest BCUT2D eigenvalue weighted by Crippen LogP contribution is -2.45. The van der Waals surface area contributed by atoms with Crippen LogP contribution in [0.5, 0.6) is 0 Å². The van der Waals surface area contributed by atoms with Gasteiger partial charge in [-0.2, -0.15) is 0 Å². The predicted octanol–water partition coefficient (Wildman–Crippen LogP) is 2.09. The van der Waals surface area contributed by atoms with Gasteiger partial charge in [0.1, 0.15) is 0 Å². The molecule has 0 saturated carbocycles. The zero-order valence-corrected chi connectivity index (χ0v) is 10.9. The van der Waals surface area contributed by atoms with Gasteiger partial charge in [0.2, 0.25) is 0 Å². The lowest BCUT2D eigenvalue weighted by atomic mass is 10.2. The summed E-state index contributed by atoms with van der Waals surface area (Å²) in [5.74, 6) is 0. The zero-order chi connectivity index (χ0) is 10.8. The van der Waals surface area contributed by atoms with Gasteiger partial charge in [-0.25, -0.2) is 0 Å². The lowest BCUT2D eigenvalue weighted by molar-refractivity contribution is 0.117. The average molecular weight is 272 g/mol. The van der Waals surface area contributed by atoms with E-state index in [9.17, 15) is 0 Å². The molecule has 1 N–H and O–H groups in total. The molecule has 0 aliphatic carbocycles. The monoisotopic (exact) mass is 271 g/mol. The highest BCUT2D eigenvalue weighted by Crippen LogP contribution is 2.22. The van der Waals surface area contributed by atoms with E-state index < -0.39 is 0 Å². The summed E-state index contributed by atoms with van der Waals surface area (Å²) >= 11 is 3.45. The molecule has 1 aromatic rings. The summed E-state index contributed by atoms with van der Waals surface area (Å²) in [5.41, 5.74) is 1.30. The normalized spacial score (nSPS) is 21.8. The Morgan fingerprint density at radius 1 is 1.27 bits per heavy atom. The maximum Gasteiger partial charge on any atom is 0.0822 e. The van der Waals surface area contributed by atoms with E-state index in [0.29, 0.717) is 6.04 Å². The molecule has 84 valence electrons. The van der Waals surface area contributed by atoms with Gasteiger partial charge >= 0.3 is 0 Å². The van der Waals surface area contributed by atoms with Crippen LogP contribution in [-0.4, -0.2) is 48.0 Å². The van der Waals surface area contributed by atoms with E-state index in [-0.39, 0.29) is 0 Å². The highest BCUT2D eigenvalue weighted by Gasteiger charge is 2.20. The molecule has 3 nitrogen and oxygen atoms in total. The van der Waals surface area contributed by atoms with Crippen molar-refractivity contribution in [2.75, 3.05) is 33.2 Å². The second-order valence-corrected chi connectivity index (χ2v) is 5.13. The second-order valence-electron chi connectivity index (χ2n) is 4.28. The van der Waals surface area contributed by atoms with Crippen molar-refractivity contribution in [1.29, 1.82) is 0 Å². The van der Waals surface area contributed by atoms with Crippen LogP contribution in [0, 0.1) is 0 Å². The molecule has 0 amide bonds. The molecule has 2 rings (SSSR count). The van der Waals surface area contributed by atoms with Crippen LogP contribution in [0.4, 0.5) is 0 Å². The summed E-state index contributed by atoms with van der Waals surface area (Å²) in [5, 5.41) is 0. The summed E-state index contributed by atoms with van der Waals surface area (Å²) in [6.07, 6.45) is 0. The molecule has 1 aliphatic rings. The van der Waals surface area contributed by atoms with Gasteiger partial charge in [0.25, 0.3) is 0 Å². The highest BCUT2D eigenvalue weighted by atomic mass is 79.9. The number of aromatic amines is 1. The minimum absolute atomic E-state index is 0.491. The van der Waals surface area contributed by atoms with Crippen LogP contribution in [0.15, 0.2) is 16.7 Å². The van der Waals surface area contributed by atoms with Crippen LogP contribution < -0.4 is 0 Å². The van der Waals surface area contributed by atoms with Crippen LogP contribution in [-0.2, 0) is 0 Å². The molecule has 1 saturated heterocycles. The van der Waals surface area contributed by atoms with Gasteiger partial charge in [-0.1, -0.05) is 0 Å². The fourth-order valence-corrected chi connectivity index (χ4v) is 2.39. The van der Waals surface area contributed by atoms with Gasteiger partial charge in [0.05, 0.1) is 4.60 Å². The van der Waals surface area contributed by atoms with Gasteiger partial charge in [-0.15, -0.1) is 0 Å². The first kappa shape index (κ1) is 11.2. The van der Waals surface area contributed by atoms with E-state index >= 15 is 0 Å². The number of H-pyrrole nitrogens is 1. The number of likely N-dealkylation sites (N-methyl/N-ethyl adjacent to an activating group) is 1. The van der Waals surface area contributed by atoms with Crippen molar-refractivity contribution in [2.45, 2.75) is 13.0 Å². The van der Waals surface area contributed by atoms with Crippen molar-refractivity contribution in [2.24, 2.45) is 0 Å². The standard InChI is InChI=1S/C11H18BrN3/c1-9(10-3-4-11(12)13-10)15-7-5-14(2)6-8-15/h3-4,9,13H,5-8H2,1-2H3. The molecular formula is C11H18BrN3. The van der Waals surface area contributed by atoms with Gasteiger partial charge in [-0.3, -0.25) is 4.90 Å². The first-order chi connectivity index (χ1) is 7.16. The first-order valence-corrected chi connectivity index (χ1v) is 6.23. The van der Waals surface area contributed by atoms with Crippen molar-refractivity contribution in [3.05, 3.63) is 22.4 Å². The van der Waals surface area contributed by atoms with Crippen LogP contribution in [0.3, 0.4) is 0 Å². The number of nitrogens with zero attached hydrogens (tertiary/aromatic N) is 2. The Balaban J connectivity index is 1.99. The van der Waals surface area contributed by atoms with Gasteiger partial charge in [0, 0.05) is 37.9 Å². The van der Waals surface area contributed by atoms with E-state index in [1.807, 2.05) is 0 Å². The van der Waals surface area contributed by atoms with E-state index in [4.69, 9.17) is 0 Å². The fraction of sp³-hybridized carbons (Fsp3) is 0.636. The molecule has 1 unspecified atom stereocenters. The third-order valence-electron chi connectivity index (χ3n) is 3.21. The van der Waals surface area contributed by atoms with Crippen molar-refractivity contribution in [1.82, 2.24) is 14.8 Å². The third kappa shape index (κ3) is 2.62. The topological polar surface area (TPSA) is 22.3 Å². The molecule has 1 atom stereocenters. The minimum Gasteiger partial charge on any atom is -0.352 e. The molecule has 0 radical (unpaired) electrons. The number of nitrogens with one attached hydrogen (secondary N) is 1. The Morgan fingerprint density at radius 2 is 1.93 bits per heavy atom. The van der Waals surface area contributed by atoms with Crippen molar-refractivity contribution in [3.8, 4) is 0 Å². The smallest absolute Gasteiger partial charge is 0.0822 e. The Kier molecular flexibility index (Phi) is 3.49. The molecule has 15 heavy (non-hydrogen) atoms. The maximum atomic E-state index is 3.45. The molecule has 4 heteroatoms. The highest BCUT2D eigenvalue weighted by molar-refractivity contribution is 9.10. The molecule has 0 bridgehead atoms. The summed E-state index contributed by atoms with van der Waals surface area (Å²) in [6, 6.07) is 4.72. The molecule has 1 aliphatic heterocycles. The Hall–Kier alpha value is -0.320. The zero-order valence-electron chi connectivity index (χ0n) is 9.33. The fourth-order valence-electron chi connectivity index (χ4n) is 2.03. The molecule has 0 spiro atoms. The number of aromatic nitrogens is 1. The SMILES string of the molecule is CC(c1ccc(Br)[nH]1)N1CCN(C)CC1. The summed E-state index contributed by atoms with van der Waals surface area (Å²) in [6.45, 7) is 6.94. The van der Waals surface area contributed by atoms with Crippen molar-refractivity contribution >= 4 is 15.9 Å². The first-order valence-electron chi connectivity index (χ1n) is 5.44. The van der Waals surface area contributed by atoms with Gasteiger partial charge in [-0.05, 0) is 42.0 Å². The number of hydrogen-bond acceptors (Lipinski definition) is 2. The Bertz CT molecular complexity index is 315. The molecule has 1 aromatic heterocycles. The number of halogens is 1. The quantitative estimate of drug-likeness (QED) is 0.890. The number of rotatable bonds is 2. The van der Waals surface area contributed by atoms with Crippen molar-refractivity contribution < 1.29 is 0 Å². The van der Waals surface area contributed by atoms with Crippen LogP contribution in [0.1, 0.15) is 18.7 Å². The van der Waals surface area contributed by atoms with Crippen LogP contribution >= 0.6 is 15.9 Å². The van der Waals surface area contributed by atoms with Crippen LogP contribution in [0.2, 0.25) is 0 Å². The minimum atomic E-state index is 0.491. The van der Waals surface area contributed by atoms with E-state index in [2.05, 4.69) is 56.8 Å². The maximum absolute atomic E-state index is 3.45. The average Bonchev–Trinajstić information content (AvgIpc) is 2.65. The van der Waals surface area contributed by atoms with Crippen molar-refractivity contribution in [3.63, 3.8) is 0 Å². The lowest BCUT2D eigenvalue weighted by Gasteiger charge is -2.36. The summed E-state index contributed by atoms with van der Waals surface area (Å²) in [4.78, 5) is 8.25.